The van der Waals surface area contributed by atoms with Gasteiger partial charge in [-0.25, -0.2) is 4.98 Å². The topological polar surface area (TPSA) is 37.8 Å². The van der Waals surface area contributed by atoms with Gasteiger partial charge in [0.05, 0.1) is 17.6 Å². The molecule has 0 bridgehead atoms. The molecule has 1 N–H and O–H groups in total. The molecule has 0 radical (unpaired) electrons. The SMILES string of the molecule is Cc1ncc(NCC2(CC(C)C)CCCC2)nc1C. The van der Waals surface area contributed by atoms with Crippen molar-refractivity contribution in [1.82, 2.24) is 9.97 Å². The van der Waals surface area contributed by atoms with Crippen LogP contribution in [0.25, 0.3) is 0 Å². The van der Waals surface area contributed by atoms with Gasteiger partial charge in [0.25, 0.3) is 0 Å². The molecule has 2 rings (SSSR count). The van der Waals surface area contributed by atoms with E-state index < -0.39 is 0 Å². The molecule has 0 spiro atoms. The van der Waals surface area contributed by atoms with Crippen LogP contribution in [0.2, 0.25) is 0 Å². The van der Waals surface area contributed by atoms with Crippen LogP contribution < -0.4 is 5.32 Å². The van der Waals surface area contributed by atoms with E-state index in [-0.39, 0.29) is 0 Å². The number of rotatable bonds is 5. The van der Waals surface area contributed by atoms with Gasteiger partial charge < -0.3 is 5.32 Å². The summed E-state index contributed by atoms with van der Waals surface area (Å²) in [5.74, 6) is 1.70. The molecule has 1 fully saturated rings. The van der Waals surface area contributed by atoms with Crippen LogP contribution in [0, 0.1) is 25.2 Å². The van der Waals surface area contributed by atoms with Crippen molar-refractivity contribution in [2.45, 2.75) is 59.8 Å². The van der Waals surface area contributed by atoms with Gasteiger partial charge in [0.2, 0.25) is 0 Å². The second kappa shape index (κ2) is 5.89. The molecule has 106 valence electrons. The first-order valence-electron chi connectivity index (χ1n) is 7.55. The number of hydrogen-bond donors (Lipinski definition) is 1. The Balaban J connectivity index is 2.00. The van der Waals surface area contributed by atoms with Crippen molar-refractivity contribution in [3.05, 3.63) is 17.6 Å². The molecule has 1 aromatic heterocycles. The molecule has 3 nitrogen and oxygen atoms in total. The zero-order valence-electron chi connectivity index (χ0n) is 12.8. The molecule has 0 amide bonds. The Bertz CT molecular complexity index is 420. The van der Waals surface area contributed by atoms with Crippen molar-refractivity contribution in [2.24, 2.45) is 11.3 Å². The lowest BCUT2D eigenvalue weighted by Gasteiger charge is -2.31. The maximum atomic E-state index is 4.57. The molecule has 1 aromatic rings. The average molecular weight is 261 g/mol. The summed E-state index contributed by atoms with van der Waals surface area (Å²) in [5.41, 5.74) is 2.52. The third-order valence-electron chi connectivity index (χ3n) is 4.34. The van der Waals surface area contributed by atoms with Gasteiger partial charge in [0.15, 0.2) is 0 Å². The maximum absolute atomic E-state index is 4.57. The molecule has 19 heavy (non-hydrogen) atoms. The predicted molar refractivity (Wildman–Crippen MR) is 80.4 cm³/mol. The molecule has 0 aliphatic heterocycles. The van der Waals surface area contributed by atoms with Gasteiger partial charge in [0, 0.05) is 6.54 Å². The number of nitrogens with zero attached hydrogens (tertiary/aromatic N) is 2. The van der Waals surface area contributed by atoms with Crippen LogP contribution in [-0.2, 0) is 0 Å². The normalized spacial score (nSPS) is 17.9. The summed E-state index contributed by atoms with van der Waals surface area (Å²) >= 11 is 0. The van der Waals surface area contributed by atoms with E-state index in [1.807, 2.05) is 20.0 Å². The first kappa shape index (κ1) is 14.3. The lowest BCUT2D eigenvalue weighted by Crippen LogP contribution is -2.28. The molecule has 1 heterocycles. The Morgan fingerprint density at radius 3 is 2.47 bits per heavy atom. The standard InChI is InChI=1S/C16H27N3/c1-12(2)9-16(7-5-6-8-16)11-18-15-10-17-13(3)14(4)19-15/h10,12H,5-9,11H2,1-4H3,(H,18,19). The zero-order chi connectivity index (χ0) is 13.9. The minimum atomic E-state index is 0.481. The van der Waals surface area contributed by atoms with Crippen molar-refractivity contribution in [3.63, 3.8) is 0 Å². The number of aromatic nitrogens is 2. The van der Waals surface area contributed by atoms with E-state index in [2.05, 4.69) is 29.1 Å². The lowest BCUT2D eigenvalue weighted by molar-refractivity contribution is 0.252. The third kappa shape index (κ3) is 3.68. The fraction of sp³-hybridized carbons (Fsp3) is 0.750. The Kier molecular flexibility index (Phi) is 4.43. The second-order valence-electron chi connectivity index (χ2n) is 6.58. The van der Waals surface area contributed by atoms with Crippen LogP contribution in [0.5, 0.6) is 0 Å². The predicted octanol–water partition coefficient (Wildman–Crippen LogP) is 4.11. The molecular weight excluding hydrogens is 234 g/mol. The van der Waals surface area contributed by atoms with E-state index in [1.165, 1.54) is 32.1 Å². The van der Waals surface area contributed by atoms with Crippen LogP contribution in [0.3, 0.4) is 0 Å². The summed E-state index contributed by atoms with van der Waals surface area (Å²) in [6.07, 6.45) is 8.66. The largest absolute Gasteiger partial charge is 0.368 e. The van der Waals surface area contributed by atoms with Crippen molar-refractivity contribution >= 4 is 5.82 Å². The van der Waals surface area contributed by atoms with Crippen LogP contribution in [0.15, 0.2) is 6.20 Å². The summed E-state index contributed by atoms with van der Waals surface area (Å²) in [5, 5.41) is 3.53. The maximum Gasteiger partial charge on any atom is 0.144 e. The Morgan fingerprint density at radius 2 is 1.89 bits per heavy atom. The Labute approximate surface area is 117 Å². The van der Waals surface area contributed by atoms with Gasteiger partial charge in [-0.2, -0.15) is 0 Å². The molecular formula is C16H27N3. The Morgan fingerprint density at radius 1 is 1.21 bits per heavy atom. The third-order valence-corrected chi connectivity index (χ3v) is 4.34. The quantitative estimate of drug-likeness (QED) is 0.866. The summed E-state index contributed by atoms with van der Waals surface area (Å²) in [4.78, 5) is 8.95. The first-order valence-corrected chi connectivity index (χ1v) is 7.55. The summed E-state index contributed by atoms with van der Waals surface area (Å²) in [6.45, 7) is 9.73. The van der Waals surface area contributed by atoms with E-state index in [9.17, 15) is 0 Å². The van der Waals surface area contributed by atoms with Gasteiger partial charge >= 0.3 is 0 Å². The van der Waals surface area contributed by atoms with E-state index in [0.717, 1.165) is 29.7 Å². The molecule has 0 unspecified atom stereocenters. The van der Waals surface area contributed by atoms with E-state index in [0.29, 0.717) is 5.41 Å². The molecule has 1 saturated carbocycles. The highest BCUT2D eigenvalue weighted by Gasteiger charge is 2.34. The Hall–Kier alpha value is -1.12. The number of aryl methyl sites for hydroxylation is 2. The molecule has 0 aromatic carbocycles. The number of hydrogen-bond acceptors (Lipinski definition) is 3. The van der Waals surface area contributed by atoms with E-state index in [4.69, 9.17) is 0 Å². The molecule has 0 atom stereocenters. The summed E-state index contributed by atoms with van der Waals surface area (Å²) in [6, 6.07) is 0. The van der Waals surface area contributed by atoms with Crippen molar-refractivity contribution in [2.75, 3.05) is 11.9 Å². The van der Waals surface area contributed by atoms with Gasteiger partial charge in [0.1, 0.15) is 5.82 Å². The van der Waals surface area contributed by atoms with Crippen LogP contribution in [0.4, 0.5) is 5.82 Å². The number of nitrogens with one attached hydrogen (secondary N) is 1. The fourth-order valence-corrected chi connectivity index (χ4v) is 3.35. The molecule has 1 aliphatic rings. The van der Waals surface area contributed by atoms with Gasteiger partial charge in [-0.05, 0) is 44.4 Å². The van der Waals surface area contributed by atoms with Crippen molar-refractivity contribution < 1.29 is 0 Å². The van der Waals surface area contributed by atoms with E-state index >= 15 is 0 Å². The van der Waals surface area contributed by atoms with Gasteiger partial charge in [-0.15, -0.1) is 0 Å². The fourth-order valence-electron chi connectivity index (χ4n) is 3.35. The minimum absolute atomic E-state index is 0.481. The highest BCUT2D eigenvalue weighted by atomic mass is 15.0. The van der Waals surface area contributed by atoms with Crippen LogP contribution >= 0.6 is 0 Å². The zero-order valence-corrected chi connectivity index (χ0v) is 12.8. The highest BCUT2D eigenvalue weighted by Crippen LogP contribution is 2.43. The van der Waals surface area contributed by atoms with Crippen molar-refractivity contribution in [3.8, 4) is 0 Å². The summed E-state index contributed by atoms with van der Waals surface area (Å²) < 4.78 is 0. The van der Waals surface area contributed by atoms with Crippen LogP contribution in [0.1, 0.15) is 57.3 Å². The van der Waals surface area contributed by atoms with Gasteiger partial charge in [-0.1, -0.05) is 26.7 Å². The summed E-state index contributed by atoms with van der Waals surface area (Å²) in [7, 11) is 0. The van der Waals surface area contributed by atoms with Crippen molar-refractivity contribution in [1.29, 1.82) is 0 Å². The number of anilines is 1. The molecule has 0 saturated heterocycles. The molecule has 3 heteroatoms. The molecule has 1 aliphatic carbocycles. The monoisotopic (exact) mass is 261 g/mol. The second-order valence-corrected chi connectivity index (χ2v) is 6.58. The minimum Gasteiger partial charge on any atom is -0.368 e. The van der Waals surface area contributed by atoms with Gasteiger partial charge in [-0.3, -0.25) is 4.98 Å². The van der Waals surface area contributed by atoms with E-state index in [1.54, 1.807) is 0 Å². The highest BCUT2D eigenvalue weighted by molar-refractivity contribution is 5.33. The average Bonchev–Trinajstić information content (AvgIpc) is 2.79. The first-order chi connectivity index (χ1) is 9.01. The smallest absolute Gasteiger partial charge is 0.144 e. The lowest BCUT2D eigenvalue weighted by atomic mass is 9.78. The van der Waals surface area contributed by atoms with Crippen LogP contribution in [-0.4, -0.2) is 16.5 Å².